The lowest BCUT2D eigenvalue weighted by atomic mass is 10.1. The van der Waals surface area contributed by atoms with E-state index in [1.807, 2.05) is 19.1 Å². The normalized spacial score (nSPS) is 21.5. The molecular formula is C24H27N3O6S. The van der Waals surface area contributed by atoms with Crippen LogP contribution >= 0.6 is 0 Å². The Morgan fingerprint density at radius 1 is 1.12 bits per heavy atom. The van der Waals surface area contributed by atoms with E-state index in [1.165, 1.54) is 17.3 Å². The molecule has 1 N–H and O–H groups in total. The zero-order valence-corrected chi connectivity index (χ0v) is 19.9. The average molecular weight is 486 g/mol. The van der Waals surface area contributed by atoms with Crippen molar-refractivity contribution in [2.45, 2.75) is 56.6 Å². The van der Waals surface area contributed by atoms with E-state index in [-0.39, 0.29) is 42.6 Å². The molecule has 10 heteroatoms. The summed E-state index contributed by atoms with van der Waals surface area (Å²) in [6.07, 6.45) is 1.67. The zero-order chi connectivity index (χ0) is 24.0. The quantitative estimate of drug-likeness (QED) is 0.696. The minimum Gasteiger partial charge on any atom is -0.454 e. The van der Waals surface area contributed by atoms with Gasteiger partial charge in [0.1, 0.15) is 6.04 Å². The Labute approximate surface area is 198 Å². The van der Waals surface area contributed by atoms with Crippen molar-refractivity contribution in [1.82, 2.24) is 9.62 Å². The molecule has 2 aromatic carbocycles. The van der Waals surface area contributed by atoms with E-state index < -0.39 is 16.1 Å². The largest absolute Gasteiger partial charge is 0.454 e. The van der Waals surface area contributed by atoms with Crippen LogP contribution in [0.1, 0.15) is 37.8 Å². The average Bonchev–Trinajstić information content (AvgIpc) is 3.53. The van der Waals surface area contributed by atoms with Gasteiger partial charge in [-0.25, -0.2) is 8.42 Å². The maximum absolute atomic E-state index is 13.5. The summed E-state index contributed by atoms with van der Waals surface area (Å²) >= 11 is 0. The number of hydrogen-bond acceptors (Lipinski definition) is 6. The summed E-state index contributed by atoms with van der Waals surface area (Å²) in [5.41, 5.74) is 2.41. The highest BCUT2D eigenvalue weighted by Gasteiger charge is 2.40. The van der Waals surface area contributed by atoms with Crippen molar-refractivity contribution >= 4 is 27.5 Å². The molecule has 1 saturated heterocycles. The summed E-state index contributed by atoms with van der Waals surface area (Å²) in [7, 11) is -3.87. The highest BCUT2D eigenvalue weighted by molar-refractivity contribution is 7.89. The minimum absolute atomic E-state index is 0.0213. The van der Waals surface area contributed by atoms with Crippen molar-refractivity contribution in [1.29, 1.82) is 0 Å². The molecule has 2 aromatic rings. The standard InChI is InChI=1S/C24H27N3O6S/c1-15-10-18-12-19(6-7-20(18)27(15)16(2)28)34(30,31)26-9-3-4-21(26)24(29)25-13-17-5-8-22-23(11-17)33-14-32-22/h5-8,11-12,15,21H,3-4,9-10,13-14H2,1-2H3,(H,25,29)/t15-,21-/m0/s1. The van der Waals surface area contributed by atoms with Crippen molar-refractivity contribution in [2.24, 2.45) is 0 Å². The molecule has 1 fully saturated rings. The van der Waals surface area contributed by atoms with Gasteiger partial charge in [-0.05, 0) is 67.6 Å². The summed E-state index contributed by atoms with van der Waals surface area (Å²) in [5.74, 6) is 0.904. The van der Waals surface area contributed by atoms with Crippen molar-refractivity contribution in [3.05, 3.63) is 47.5 Å². The number of carbonyl (C=O) groups is 2. The van der Waals surface area contributed by atoms with Gasteiger partial charge < -0.3 is 19.7 Å². The first-order valence-electron chi connectivity index (χ1n) is 11.4. The van der Waals surface area contributed by atoms with E-state index in [4.69, 9.17) is 9.47 Å². The van der Waals surface area contributed by atoms with E-state index in [1.54, 1.807) is 23.1 Å². The summed E-state index contributed by atoms with van der Waals surface area (Å²) in [4.78, 5) is 26.8. The summed E-state index contributed by atoms with van der Waals surface area (Å²) in [6.45, 7) is 4.17. The maximum atomic E-state index is 13.5. The van der Waals surface area contributed by atoms with E-state index in [0.29, 0.717) is 30.8 Å². The Morgan fingerprint density at radius 3 is 2.71 bits per heavy atom. The number of fused-ring (bicyclic) bond motifs is 2. The van der Waals surface area contributed by atoms with Gasteiger partial charge in [-0.3, -0.25) is 9.59 Å². The van der Waals surface area contributed by atoms with Crippen LogP contribution in [0.4, 0.5) is 5.69 Å². The first-order valence-corrected chi connectivity index (χ1v) is 12.8. The van der Waals surface area contributed by atoms with Crippen LogP contribution in [-0.2, 0) is 32.6 Å². The topological polar surface area (TPSA) is 105 Å². The number of rotatable bonds is 5. The summed E-state index contributed by atoms with van der Waals surface area (Å²) in [5, 5.41) is 2.87. The van der Waals surface area contributed by atoms with Crippen LogP contribution in [0.2, 0.25) is 0 Å². The number of sulfonamides is 1. The Balaban J connectivity index is 1.31. The Bertz CT molecular complexity index is 1260. The van der Waals surface area contributed by atoms with E-state index in [0.717, 1.165) is 16.8 Å². The van der Waals surface area contributed by atoms with Gasteiger partial charge in [0.05, 0.1) is 4.90 Å². The third-order valence-corrected chi connectivity index (χ3v) is 8.53. The first-order chi connectivity index (χ1) is 16.3. The second-order valence-electron chi connectivity index (χ2n) is 8.91. The molecule has 5 rings (SSSR count). The van der Waals surface area contributed by atoms with Crippen LogP contribution < -0.4 is 19.7 Å². The molecule has 0 aromatic heterocycles. The van der Waals surface area contributed by atoms with Crippen LogP contribution in [-0.4, -0.2) is 50.0 Å². The third-order valence-electron chi connectivity index (χ3n) is 6.62. The number of nitrogens with one attached hydrogen (secondary N) is 1. The van der Waals surface area contributed by atoms with Gasteiger partial charge in [0.2, 0.25) is 28.6 Å². The van der Waals surface area contributed by atoms with E-state index >= 15 is 0 Å². The summed E-state index contributed by atoms with van der Waals surface area (Å²) < 4.78 is 38.9. The molecule has 3 aliphatic heterocycles. The predicted octanol–water partition coefficient (Wildman–Crippen LogP) is 2.18. The van der Waals surface area contributed by atoms with Gasteiger partial charge in [0.25, 0.3) is 0 Å². The van der Waals surface area contributed by atoms with Gasteiger partial charge in [0, 0.05) is 31.7 Å². The van der Waals surface area contributed by atoms with Gasteiger partial charge in [-0.2, -0.15) is 4.31 Å². The van der Waals surface area contributed by atoms with Crippen LogP contribution in [0.5, 0.6) is 11.5 Å². The number of benzene rings is 2. The van der Waals surface area contributed by atoms with E-state index in [2.05, 4.69) is 5.32 Å². The SMILES string of the molecule is CC(=O)N1c2ccc(S(=O)(=O)N3CCC[C@H]3C(=O)NCc3ccc4c(c3)OCO4)cc2C[C@@H]1C. The molecule has 34 heavy (non-hydrogen) atoms. The van der Waals surface area contributed by atoms with Crippen molar-refractivity contribution in [3.63, 3.8) is 0 Å². The van der Waals surface area contributed by atoms with E-state index in [9.17, 15) is 18.0 Å². The number of hydrogen-bond donors (Lipinski definition) is 1. The molecule has 3 heterocycles. The molecule has 180 valence electrons. The molecule has 0 unspecified atom stereocenters. The van der Waals surface area contributed by atoms with Gasteiger partial charge in [0.15, 0.2) is 11.5 Å². The first kappa shape index (κ1) is 22.7. The lowest BCUT2D eigenvalue weighted by Crippen LogP contribution is -2.45. The molecular weight excluding hydrogens is 458 g/mol. The predicted molar refractivity (Wildman–Crippen MR) is 124 cm³/mol. The van der Waals surface area contributed by atoms with Crippen molar-refractivity contribution < 1.29 is 27.5 Å². The minimum atomic E-state index is -3.87. The number of ether oxygens (including phenoxy) is 2. The van der Waals surface area contributed by atoms with Crippen molar-refractivity contribution in [3.8, 4) is 11.5 Å². The fourth-order valence-corrected chi connectivity index (χ4v) is 6.74. The number of carbonyl (C=O) groups excluding carboxylic acids is 2. The monoisotopic (exact) mass is 485 g/mol. The maximum Gasteiger partial charge on any atom is 0.243 e. The fraction of sp³-hybridized carbons (Fsp3) is 0.417. The molecule has 0 aliphatic carbocycles. The van der Waals surface area contributed by atoms with Crippen molar-refractivity contribution in [2.75, 3.05) is 18.2 Å². The second kappa shape index (κ2) is 8.59. The molecule has 0 spiro atoms. The Kier molecular flexibility index (Phi) is 5.73. The lowest BCUT2D eigenvalue weighted by Gasteiger charge is -2.24. The molecule has 0 bridgehead atoms. The Hall–Kier alpha value is -3.11. The molecule has 2 atom stereocenters. The second-order valence-corrected chi connectivity index (χ2v) is 10.8. The van der Waals surface area contributed by atoms with Crippen LogP contribution in [0.25, 0.3) is 0 Å². The molecule has 0 saturated carbocycles. The Morgan fingerprint density at radius 2 is 1.91 bits per heavy atom. The lowest BCUT2D eigenvalue weighted by molar-refractivity contribution is -0.124. The summed E-state index contributed by atoms with van der Waals surface area (Å²) in [6, 6.07) is 9.52. The molecule has 3 aliphatic rings. The fourth-order valence-electron chi connectivity index (χ4n) is 5.03. The van der Waals surface area contributed by atoms with Crippen LogP contribution in [0.3, 0.4) is 0 Å². The number of amides is 2. The highest BCUT2D eigenvalue weighted by atomic mass is 32.2. The number of anilines is 1. The molecule has 9 nitrogen and oxygen atoms in total. The smallest absolute Gasteiger partial charge is 0.243 e. The highest BCUT2D eigenvalue weighted by Crippen LogP contribution is 2.36. The zero-order valence-electron chi connectivity index (χ0n) is 19.1. The van der Waals surface area contributed by atoms with Crippen LogP contribution in [0.15, 0.2) is 41.3 Å². The number of nitrogens with zero attached hydrogens (tertiary/aromatic N) is 2. The van der Waals surface area contributed by atoms with Gasteiger partial charge >= 0.3 is 0 Å². The molecule has 0 radical (unpaired) electrons. The van der Waals surface area contributed by atoms with Gasteiger partial charge in [-0.1, -0.05) is 6.07 Å². The third kappa shape index (κ3) is 3.90. The van der Waals surface area contributed by atoms with Crippen LogP contribution in [0, 0.1) is 0 Å². The van der Waals surface area contributed by atoms with Gasteiger partial charge in [-0.15, -0.1) is 0 Å². The molecule has 2 amide bonds.